The lowest BCUT2D eigenvalue weighted by Gasteiger charge is -2.46. The summed E-state index contributed by atoms with van der Waals surface area (Å²) in [5, 5.41) is 0. The monoisotopic (exact) mass is 744 g/mol. The van der Waals surface area contributed by atoms with Gasteiger partial charge in [-0.3, -0.25) is 0 Å². The number of rotatable bonds is 3. The molecule has 0 fully saturated rings. The van der Waals surface area contributed by atoms with Crippen LogP contribution in [0, 0.1) is 6.92 Å². The van der Waals surface area contributed by atoms with E-state index >= 15 is 0 Å². The Bertz CT molecular complexity index is 2370. The van der Waals surface area contributed by atoms with Crippen LogP contribution in [0.15, 0.2) is 79.4 Å². The van der Waals surface area contributed by atoms with E-state index < -0.39 is 0 Å². The normalized spacial score (nSPS) is 17.0. The number of aryl methyl sites for hydroxylation is 1. The van der Waals surface area contributed by atoms with Crippen LogP contribution in [0.25, 0.3) is 6.08 Å². The highest BCUT2D eigenvalue weighted by Crippen LogP contribution is 2.56. The third-order valence-corrected chi connectivity index (χ3v) is 14.5. The average molecular weight is 745 g/mol. The van der Waals surface area contributed by atoms with Gasteiger partial charge in [-0.05, 0) is 134 Å². The fourth-order valence-electron chi connectivity index (χ4n) is 9.41. The van der Waals surface area contributed by atoms with Crippen molar-refractivity contribution in [1.29, 1.82) is 0 Å². The maximum atomic E-state index is 4.43. The highest BCUT2D eigenvalue weighted by atomic mass is 32.1. The van der Waals surface area contributed by atoms with Crippen molar-refractivity contribution in [2.45, 2.75) is 137 Å². The first-order valence-corrected chi connectivity index (χ1v) is 21.3. The molecule has 3 heterocycles. The summed E-state index contributed by atoms with van der Waals surface area (Å²) in [6.45, 7) is 37.7. The lowest BCUT2D eigenvalue weighted by Crippen LogP contribution is -2.61. The van der Waals surface area contributed by atoms with Crippen LogP contribution in [-0.2, 0) is 27.1 Å². The van der Waals surface area contributed by atoms with E-state index in [-0.39, 0.29) is 33.8 Å². The van der Waals surface area contributed by atoms with Gasteiger partial charge in [-0.15, -0.1) is 0 Å². The predicted octanol–water partition coefficient (Wildman–Crippen LogP) is 13.0. The Hall–Kier alpha value is -4.02. The Kier molecular flexibility index (Phi) is 8.43. The summed E-state index contributed by atoms with van der Waals surface area (Å²) in [5.41, 5.74) is 18.8. The second kappa shape index (κ2) is 12.2. The van der Waals surface area contributed by atoms with Gasteiger partial charge >= 0.3 is 0 Å². The molecule has 0 saturated carbocycles. The number of hydrogen-bond donors (Lipinski definition) is 0. The van der Waals surface area contributed by atoms with Crippen molar-refractivity contribution in [2.24, 2.45) is 0 Å². The van der Waals surface area contributed by atoms with Gasteiger partial charge in [-0.1, -0.05) is 133 Å². The average Bonchev–Trinajstić information content (AvgIpc) is 3.51. The van der Waals surface area contributed by atoms with Gasteiger partial charge in [0.25, 0.3) is 6.71 Å². The summed E-state index contributed by atoms with van der Waals surface area (Å²) in [6.07, 6.45) is 4.44. The summed E-state index contributed by atoms with van der Waals surface area (Å²) >= 11 is 2.10. The Morgan fingerprint density at radius 3 is 1.75 bits per heavy atom. The van der Waals surface area contributed by atoms with E-state index in [0.29, 0.717) is 0 Å². The standard InChI is InChI=1S/C51H61BN2S/c1-16-32-29-34(48(6,7)8)19-23-38(32)54-41-28-31(2)27-40-43(41)52(46-44(54)42-45(55-46)51(14,15)26-25-50(42,12)13)37-30-35(49(9,10)11)20-24-39(37)53(40)36-21-17-33(18-22-36)47(3,4)5/h16-24,27-30H,1,25-26H2,2-15H3. The molecule has 2 nitrogen and oxygen atoms in total. The third-order valence-electron chi connectivity index (χ3n) is 12.9. The molecule has 1 aliphatic carbocycles. The summed E-state index contributed by atoms with van der Waals surface area (Å²) < 4.78 is 1.48. The van der Waals surface area contributed by atoms with Crippen LogP contribution in [0.2, 0.25) is 0 Å². The van der Waals surface area contributed by atoms with Crippen molar-refractivity contribution >= 4 is 74.0 Å². The molecule has 0 amide bonds. The van der Waals surface area contributed by atoms with E-state index in [9.17, 15) is 0 Å². The molecule has 2 aliphatic heterocycles. The number of fused-ring (bicyclic) bond motifs is 6. The van der Waals surface area contributed by atoms with Gasteiger partial charge in [-0.25, -0.2) is 0 Å². The second-order valence-electron chi connectivity index (χ2n) is 21.2. The van der Waals surface area contributed by atoms with E-state index in [4.69, 9.17) is 0 Å². The summed E-state index contributed by atoms with van der Waals surface area (Å²) in [6, 6.07) is 28.8. The van der Waals surface area contributed by atoms with Gasteiger partial charge in [-0.2, -0.15) is 11.3 Å². The van der Waals surface area contributed by atoms with Crippen LogP contribution >= 0.6 is 11.3 Å². The van der Waals surface area contributed by atoms with Crippen LogP contribution in [0.3, 0.4) is 0 Å². The van der Waals surface area contributed by atoms with E-state index in [2.05, 4.69) is 204 Å². The van der Waals surface area contributed by atoms with E-state index in [1.54, 1.807) is 10.4 Å². The van der Waals surface area contributed by atoms with Crippen molar-refractivity contribution in [3.8, 4) is 0 Å². The number of nitrogens with zero attached hydrogens (tertiary/aromatic N) is 2. The van der Waals surface area contributed by atoms with Gasteiger partial charge in [0, 0.05) is 32.4 Å². The van der Waals surface area contributed by atoms with Gasteiger partial charge in [0.1, 0.15) is 0 Å². The third kappa shape index (κ3) is 5.96. The lowest BCUT2D eigenvalue weighted by molar-refractivity contribution is 0.339. The first-order valence-electron chi connectivity index (χ1n) is 20.5. The zero-order chi connectivity index (χ0) is 39.8. The first-order chi connectivity index (χ1) is 25.5. The van der Waals surface area contributed by atoms with Crippen LogP contribution in [0.5, 0.6) is 0 Å². The fourth-order valence-corrected chi connectivity index (χ4v) is 11.1. The lowest BCUT2D eigenvalue weighted by atomic mass is 9.35. The predicted molar refractivity (Wildman–Crippen MR) is 245 cm³/mol. The summed E-state index contributed by atoms with van der Waals surface area (Å²) in [5.74, 6) is 0. The van der Waals surface area contributed by atoms with Crippen LogP contribution < -0.4 is 25.5 Å². The van der Waals surface area contributed by atoms with Crippen LogP contribution in [-0.4, -0.2) is 6.71 Å². The molecular formula is C51H61BN2S. The first kappa shape index (κ1) is 37.9. The van der Waals surface area contributed by atoms with Gasteiger partial charge in [0.15, 0.2) is 0 Å². The molecule has 0 spiro atoms. The van der Waals surface area contributed by atoms with Gasteiger partial charge in [0.05, 0.1) is 11.4 Å². The molecule has 1 aromatic heterocycles. The highest BCUT2D eigenvalue weighted by Gasteiger charge is 2.51. The molecule has 3 aliphatic rings. The van der Waals surface area contributed by atoms with Crippen molar-refractivity contribution in [3.63, 3.8) is 0 Å². The number of hydrogen-bond acceptors (Lipinski definition) is 3. The molecule has 0 atom stereocenters. The second-order valence-corrected chi connectivity index (χ2v) is 22.2. The van der Waals surface area contributed by atoms with Gasteiger partial charge < -0.3 is 9.80 Å². The summed E-state index contributed by atoms with van der Waals surface area (Å²) in [4.78, 5) is 6.81. The quantitative estimate of drug-likeness (QED) is 0.166. The van der Waals surface area contributed by atoms with E-state index in [0.717, 1.165) is 0 Å². The molecule has 4 aromatic carbocycles. The molecule has 4 heteroatoms. The number of benzene rings is 4. The molecule has 55 heavy (non-hydrogen) atoms. The molecule has 0 N–H and O–H groups in total. The molecule has 284 valence electrons. The summed E-state index contributed by atoms with van der Waals surface area (Å²) in [7, 11) is 0. The minimum atomic E-state index is 0.0143. The zero-order valence-electron chi connectivity index (χ0n) is 36.0. The molecule has 8 rings (SSSR count). The number of thiophene rings is 1. The minimum absolute atomic E-state index is 0.0143. The topological polar surface area (TPSA) is 6.48 Å². The van der Waals surface area contributed by atoms with Gasteiger partial charge in [0.2, 0.25) is 0 Å². The minimum Gasteiger partial charge on any atom is -0.311 e. The van der Waals surface area contributed by atoms with Crippen LogP contribution in [0.1, 0.15) is 141 Å². The largest absolute Gasteiger partial charge is 0.311 e. The molecular weight excluding hydrogens is 683 g/mol. The van der Waals surface area contributed by atoms with Crippen molar-refractivity contribution < 1.29 is 0 Å². The van der Waals surface area contributed by atoms with Crippen molar-refractivity contribution in [3.05, 3.63) is 118 Å². The van der Waals surface area contributed by atoms with Crippen molar-refractivity contribution in [2.75, 3.05) is 9.80 Å². The Morgan fingerprint density at radius 1 is 0.636 bits per heavy atom. The maximum absolute atomic E-state index is 4.43. The molecule has 0 radical (unpaired) electrons. The molecule has 0 saturated heterocycles. The van der Waals surface area contributed by atoms with Crippen LogP contribution in [0.4, 0.5) is 34.1 Å². The SMILES string of the molecule is C=Cc1cc(C(C)(C)C)ccc1N1c2cc(C)cc3c2B(c2cc(C(C)(C)C)ccc2N3c2ccc(C(C)(C)C)cc2)c2sc3c(c21)C(C)(C)CCC3(C)C. The smallest absolute Gasteiger partial charge is 0.264 e. The highest BCUT2D eigenvalue weighted by molar-refractivity contribution is 7.29. The fraction of sp³-hybridized carbons (Fsp3) is 0.412. The van der Waals surface area contributed by atoms with E-state index in [1.807, 2.05) is 0 Å². The molecule has 5 aromatic rings. The Balaban J connectivity index is 1.52. The molecule has 0 unspecified atom stereocenters. The number of anilines is 6. The van der Waals surface area contributed by atoms with Crippen molar-refractivity contribution in [1.82, 2.24) is 0 Å². The zero-order valence-corrected chi connectivity index (χ0v) is 36.8. The maximum Gasteiger partial charge on any atom is 0.264 e. The van der Waals surface area contributed by atoms with E-state index in [1.165, 1.54) is 90.5 Å². The Labute approximate surface area is 336 Å². The Morgan fingerprint density at radius 2 is 1.16 bits per heavy atom. The molecule has 0 bridgehead atoms.